The number of halogens is 2. The second kappa shape index (κ2) is 15.1. The molecule has 3 amide bonds. The third-order valence-electron chi connectivity index (χ3n) is 6.51. The Bertz CT molecular complexity index is 1820. The smallest absolute Gasteiger partial charge is 0.272 e. The molecule has 0 aliphatic rings. The van der Waals surface area contributed by atoms with Crippen molar-refractivity contribution in [2.75, 3.05) is 10.6 Å². The van der Waals surface area contributed by atoms with Gasteiger partial charge in [-0.15, -0.1) is 11.8 Å². The normalized spacial score (nSPS) is 11.7. The molecule has 9 heteroatoms. The van der Waals surface area contributed by atoms with Crippen LogP contribution in [0.3, 0.4) is 0 Å². The molecule has 0 saturated carbocycles. The van der Waals surface area contributed by atoms with Crippen LogP contribution >= 0.6 is 27.7 Å². The van der Waals surface area contributed by atoms with Crippen molar-refractivity contribution in [3.63, 3.8) is 0 Å². The number of thioether (sulfide) groups is 1. The molecule has 0 aliphatic carbocycles. The molecular formula is C36H27BrFN3O3S. The summed E-state index contributed by atoms with van der Waals surface area (Å²) in [4.78, 5) is 40.5. The van der Waals surface area contributed by atoms with Gasteiger partial charge >= 0.3 is 0 Å². The average Bonchev–Trinajstić information content (AvgIpc) is 3.06. The molecule has 0 spiro atoms. The number of amides is 3. The Morgan fingerprint density at radius 3 is 2.00 bits per heavy atom. The van der Waals surface area contributed by atoms with E-state index in [-0.39, 0.29) is 17.4 Å². The summed E-state index contributed by atoms with van der Waals surface area (Å²) in [6.07, 6.45) is 1.61. The minimum absolute atomic E-state index is 0.0713. The Kier molecular flexibility index (Phi) is 10.6. The summed E-state index contributed by atoms with van der Waals surface area (Å²) in [5.41, 5.74) is 3.01. The molecule has 5 aromatic rings. The summed E-state index contributed by atoms with van der Waals surface area (Å²) in [5.74, 6) is -1.56. The van der Waals surface area contributed by atoms with E-state index in [1.54, 1.807) is 42.5 Å². The lowest BCUT2D eigenvalue weighted by Crippen LogP contribution is -2.30. The topological polar surface area (TPSA) is 87.3 Å². The quantitative estimate of drug-likeness (QED) is 0.102. The van der Waals surface area contributed by atoms with Gasteiger partial charge in [0, 0.05) is 26.3 Å². The van der Waals surface area contributed by atoms with Crippen molar-refractivity contribution in [1.82, 2.24) is 5.32 Å². The summed E-state index contributed by atoms with van der Waals surface area (Å²) >= 11 is 4.78. The first-order chi connectivity index (χ1) is 21.8. The van der Waals surface area contributed by atoms with Gasteiger partial charge in [0.25, 0.3) is 11.8 Å². The van der Waals surface area contributed by atoms with Gasteiger partial charge in [-0.3, -0.25) is 14.4 Å². The lowest BCUT2D eigenvalue weighted by atomic mass is 10.1. The second-order valence-corrected chi connectivity index (χ2v) is 11.9. The van der Waals surface area contributed by atoms with Crippen LogP contribution in [-0.2, 0) is 9.59 Å². The van der Waals surface area contributed by atoms with E-state index in [9.17, 15) is 18.8 Å². The molecule has 6 nitrogen and oxygen atoms in total. The Morgan fingerprint density at radius 2 is 1.33 bits per heavy atom. The molecule has 45 heavy (non-hydrogen) atoms. The Balaban J connectivity index is 1.32. The van der Waals surface area contributed by atoms with E-state index in [0.29, 0.717) is 16.9 Å². The average molecular weight is 681 g/mol. The van der Waals surface area contributed by atoms with Crippen molar-refractivity contribution in [3.05, 3.63) is 166 Å². The van der Waals surface area contributed by atoms with Crippen molar-refractivity contribution < 1.29 is 18.8 Å². The zero-order chi connectivity index (χ0) is 31.6. The predicted molar refractivity (Wildman–Crippen MR) is 181 cm³/mol. The molecule has 1 unspecified atom stereocenters. The van der Waals surface area contributed by atoms with E-state index in [1.807, 2.05) is 72.8 Å². The van der Waals surface area contributed by atoms with E-state index in [4.69, 9.17) is 0 Å². The maximum atomic E-state index is 13.4. The van der Waals surface area contributed by atoms with Crippen molar-refractivity contribution in [1.29, 1.82) is 0 Å². The molecule has 0 aliphatic heterocycles. The first-order valence-electron chi connectivity index (χ1n) is 13.9. The van der Waals surface area contributed by atoms with Gasteiger partial charge in [-0.25, -0.2) is 4.39 Å². The molecule has 0 fully saturated rings. The molecule has 5 rings (SSSR count). The highest BCUT2D eigenvalue weighted by molar-refractivity contribution is 9.10. The van der Waals surface area contributed by atoms with Gasteiger partial charge in [-0.1, -0.05) is 76.6 Å². The Morgan fingerprint density at radius 1 is 0.711 bits per heavy atom. The highest BCUT2D eigenvalue weighted by Crippen LogP contribution is 2.36. The van der Waals surface area contributed by atoms with Crippen molar-refractivity contribution >= 4 is 62.9 Å². The highest BCUT2D eigenvalue weighted by atomic mass is 79.9. The van der Waals surface area contributed by atoms with Crippen LogP contribution in [0.5, 0.6) is 0 Å². The fourth-order valence-corrected chi connectivity index (χ4v) is 5.74. The fraction of sp³-hybridized carbons (Fsp3) is 0.0278. The monoisotopic (exact) mass is 679 g/mol. The maximum Gasteiger partial charge on any atom is 0.272 e. The number of hydrogen-bond donors (Lipinski definition) is 3. The van der Waals surface area contributed by atoms with E-state index in [2.05, 4.69) is 31.9 Å². The van der Waals surface area contributed by atoms with E-state index in [1.165, 1.54) is 36.0 Å². The number of benzene rings is 5. The first kappa shape index (κ1) is 31.4. The highest BCUT2D eigenvalue weighted by Gasteiger charge is 2.22. The number of nitrogens with one attached hydrogen (secondary N) is 3. The van der Waals surface area contributed by atoms with Crippen LogP contribution in [0.25, 0.3) is 6.08 Å². The Hall–Kier alpha value is -4.99. The minimum Gasteiger partial charge on any atom is -0.325 e. The zero-order valence-electron chi connectivity index (χ0n) is 23.7. The number of carbonyl (C=O) groups excluding carboxylic acids is 3. The maximum absolute atomic E-state index is 13.4. The summed E-state index contributed by atoms with van der Waals surface area (Å²) in [5, 5.41) is 7.86. The van der Waals surface area contributed by atoms with Crippen LogP contribution < -0.4 is 16.0 Å². The van der Waals surface area contributed by atoms with Crippen LogP contribution in [0.4, 0.5) is 15.8 Å². The molecule has 0 heterocycles. The number of carbonyl (C=O) groups is 3. The van der Waals surface area contributed by atoms with Crippen molar-refractivity contribution in [2.24, 2.45) is 0 Å². The Labute approximate surface area is 272 Å². The SMILES string of the molecule is O=C(Nc1ccc(SC(C(=O)Nc2ccc(F)cc2)c2ccccc2)cc1)/C(=C/c1cccc(Br)c1)NC(=O)c1ccccc1. The minimum atomic E-state index is -0.593. The van der Waals surface area contributed by atoms with Gasteiger partial charge in [-0.05, 0) is 90.0 Å². The van der Waals surface area contributed by atoms with Gasteiger partial charge in [0.05, 0.1) is 0 Å². The van der Waals surface area contributed by atoms with Gasteiger partial charge < -0.3 is 16.0 Å². The standard InChI is InChI=1S/C36H27BrFN3O3S/c37-27-13-7-8-24(22-27)23-32(41-34(42)26-11-5-2-6-12-26)35(43)39-30-18-20-31(21-19-30)45-33(25-9-3-1-4-10-25)36(44)40-29-16-14-28(38)15-17-29/h1-23,33H,(H,39,43)(H,40,44)(H,41,42)/b32-23-. The van der Waals surface area contributed by atoms with Crippen LogP contribution in [-0.4, -0.2) is 17.7 Å². The molecule has 0 saturated heterocycles. The van der Waals surface area contributed by atoms with Crippen LogP contribution in [0.2, 0.25) is 0 Å². The predicted octanol–water partition coefficient (Wildman–Crippen LogP) is 8.47. The molecule has 0 radical (unpaired) electrons. The molecule has 5 aromatic carbocycles. The molecule has 224 valence electrons. The molecular weight excluding hydrogens is 653 g/mol. The molecule has 1 atom stereocenters. The third-order valence-corrected chi connectivity index (χ3v) is 8.27. The number of anilines is 2. The first-order valence-corrected chi connectivity index (χ1v) is 15.5. The van der Waals surface area contributed by atoms with Crippen molar-refractivity contribution in [2.45, 2.75) is 10.1 Å². The van der Waals surface area contributed by atoms with Gasteiger partial charge in [0.2, 0.25) is 5.91 Å². The van der Waals surface area contributed by atoms with Gasteiger partial charge in [0.1, 0.15) is 16.8 Å². The fourth-order valence-electron chi connectivity index (χ4n) is 4.30. The zero-order valence-corrected chi connectivity index (χ0v) is 26.1. The van der Waals surface area contributed by atoms with E-state index >= 15 is 0 Å². The summed E-state index contributed by atoms with van der Waals surface area (Å²) < 4.78 is 14.2. The third kappa shape index (κ3) is 9.01. The van der Waals surface area contributed by atoms with Crippen LogP contribution in [0.1, 0.15) is 26.7 Å². The summed E-state index contributed by atoms with van der Waals surface area (Å²) in [7, 11) is 0. The van der Waals surface area contributed by atoms with Crippen molar-refractivity contribution in [3.8, 4) is 0 Å². The lowest BCUT2D eigenvalue weighted by Gasteiger charge is -2.17. The van der Waals surface area contributed by atoms with E-state index < -0.39 is 17.1 Å². The largest absolute Gasteiger partial charge is 0.325 e. The summed E-state index contributed by atoms with van der Waals surface area (Å²) in [6.45, 7) is 0. The molecule has 3 N–H and O–H groups in total. The van der Waals surface area contributed by atoms with Crippen LogP contribution in [0, 0.1) is 5.82 Å². The van der Waals surface area contributed by atoms with Gasteiger partial charge in [-0.2, -0.15) is 0 Å². The number of hydrogen-bond acceptors (Lipinski definition) is 4. The van der Waals surface area contributed by atoms with E-state index in [0.717, 1.165) is 20.5 Å². The summed E-state index contributed by atoms with van der Waals surface area (Å²) in [6, 6.07) is 38.1. The molecule has 0 bridgehead atoms. The molecule has 0 aromatic heterocycles. The van der Waals surface area contributed by atoms with Gasteiger partial charge in [0.15, 0.2) is 0 Å². The lowest BCUT2D eigenvalue weighted by molar-refractivity contribution is -0.116. The second-order valence-electron chi connectivity index (χ2n) is 9.82. The number of rotatable bonds is 10. The van der Waals surface area contributed by atoms with Crippen LogP contribution in [0.15, 0.2) is 149 Å².